The minimum absolute atomic E-state index is 0.514. The summed E-state index contributed by atoms with van der Waals surface area (Å²) in [5.74, 6) is 0. The molecule has 3 rings (SSSR count). The molecule has 0 amide bonds. The van der Waals surface area contributed by atoms with Crippen molar-refractivity contribution in [3.05, 3.63) is 29.7 Å². The first kappa shape index (κ1) is 12.0. The molecule has 0 atom stereocenters. The molecule has 0 aromatic carbocycles. The van der Waals surface area contributed by atoms with Gasteiger partial charge in [0.25, 0.3) is 0 Å². The normalized spacial score (nSPS) is 17.2. The fraction of sp³-hybridized carbons (Fsp3) is 0.538. The number of hydrogen-bond acceptors (Lipinski definition) is 4. The van der Waals surface area contributed by atoms with E-state index in [4.69, 9.17) is 0 Å². The quantitative estimate of drug-likeness (QED) is 0.895. The standard InChI is InChI=1S/C13H18N4S/c1-10-5-12-15-7-11(8-17(12)16-10)6-14-9-13(18-2)3-4-13/h5,7-8,14H,3-4,6,9H2,1-2H3. The number of rotatable bonds is 5. The van der Waals surface area contributed by atoms with Gasteiger partial charge < -0.3 is 5.32 Å². The van der Waals surface area contributed by atoms with Crippen molar-refractivity contribution < 1.29 is 0 Å². The Labute approximate surface area is 111 Å². The topological polar surface area (TPSA) is 42.2 Å². The van der Waals surface area contributed by atoms with Crippen LogP contribution in [-0.2, 0) is 6.54 Å². The van der Waals surface area contributed by atoms with Crippen LogP contribution in [0.3, 0.4) is 0 Å². The highest BCUT2D eigenvalue weighted by Crippen LogP contribution is 2.46. The van der Waals surface area contributed by atoms with E-state index in [9.17, 15) is 0 Å². The third-order valence-corrected chi connectivity index (χ3v) is 4.92. The lowest BCUT2D eigenvalue weighted by Gasteiger charge is -2.12. The maximum atomic E-state index is 4.41. The van der Waals surface area contributed by atoms with E-state index >= 15 is 0 Å². The van der Waals surface area contributed by atoms with Crippen LogP contribution in [0, 0.1) is 6.92 Å². The van der Waals surface area contributed by atoms with Gasteiger partial charge in [-0.1, -0.05) is 0 Å². The Balaban J connectivity index is 1.63. The van der Waals surface area contributed by atoms with Crippen LogP contribution >= 0.6 is 11.8 Å². The van der Waals surface area contributed by atoms with E-state index in [2.05, 4.69) is 27.9 Å². The summed E-state index contributed by atoms with van der Waals surface area (Å²) in [5.41, 5.74) is 3.11. The molecule has 1 fully saturated rings. The summed E-state index contributed by atoms with van der Waals surface area (Å²) in [4.78, 5) is 4.41. The number of thioether (sulfide) groups is 1. The first-order chi connectivity index (χ1) is 8.71. The van der Waals surface area contributed by atoms with Crippen molar-refractivity contribution >= 4 is 17.4 Å². The van der Waals surface area contributed by atoms with E-state index in [1.54, 1.807) is 0 Å². The maximum Gasteiger partial charge on any atom is 0.155 e. The lowest BCUT2D eigenvalue weighted by molar-refractivity contribution is 0.658. The monoisotopic (exact) mass is 262 g/mol. The van der Waals surface area contributed by atoms with Gasteiger partial charge >= 0.3 is 0 Å². The van der Waals surface area contributed by atoms with Crippen LogP contribution in [0.1, 0.15) is 24.1 Å². The van der Waals surface area contributed by atoms with Crippen LogP contribution in [0.2, 0.25) is 0 Å². The second-order valence-electron chi connectivity index (χ2n) is 5.04. The van der Waals surface area contributed by atoms with Gasteiger partial charge in [-0.25, -0.2) is 9.50 Å². The van der Waals surface area contributed by atoms with Crippen LogP contribution < -0.4 is 5.32 Å². The highest BCUT2D eigenvalue weighted by atomic mass is 32.2. The second kappa shape index (κ2) is 4.55. The van der Waals surface area contributed by atoms with E-state index < -0.39 is 0 Å². The summed E-state index contributed by atoms with van der Waals surface area (Å²) >= 11 is 1.98. The molecule has 0 spiro atoms. The van der Waals surface area contributed by atoms with Crippen molar-refractivity contribution in [3.63, 3.8) is 0 Å². The van der Waals surface area contributed by atoms with Gasteiger partial charge in [0.2, 0.25) is 0 Å². The molecule has 2 aromatic rings. The van der Waals surface area contributed by atoms with Crippen molar-refractivity contribution in [3.8, 4) is 0 Å². The fourth-order valence-electron chi connectivity index (χ4n) is 2.15. The molecule has 0 aliphatic heterocycles. The number of aryl methyl sites for hydroxylation is 1. The second-order valence-corrected chi connectivity index (χ2v) is 6.32. The van der Waals surface area contributed by atoms with E-state index in [1.165, 1.54) is 18.4 Å². The molecule has 1 N–H and O–H groups in total. The minimum Gasteiger partial charge on any atom is -0.311 e. The van der Waals surface area contributed by atoms with Crippen LogP contribution in [0.25, 0.3) is 5.65 Å². The molecule has 2 aromatic heterocycles. The van der Waals surface area contributed by atoms with Gasteiger partial charge in [0.05, 0.1) is 5.69 Å². The summed E-state index contributed by atoms with van der Waals surface area (Å²) in [7, 11) is 0. The molecule has 18 heavy (non-hydrogen) atoms. The predicted octanol–water partition coefficient (Wildman–Crippen LogP) is 2.02. The van der Waals surface area contributed by atoms with E-state index in [0.717, 1.165) is 24.4 Å². The zero-order chi connectivity index (χ0) is 12.6. The lowest BCUT2D eigenvalue weighted by atomic mass is 10.3. The predicted molar refractivity (Wildman–Crippen MR) is 74.9 cm³/mol. The van der Waals surface area contributed by atoms with Crippen molar-refractivity contribution in [1.29, 1.82) is 0 Å². The largest absolute Gasteiger partial charge is 0.311 e. The summed E-state index contributed by atoms with van der Waals surface area (Å²) < 4.78 is 2.37. The molecule has 1 saturated carbocycles. The summed E-state index contributed by atoms with van der Waals surface area (Å²) in [6.45, 7) is 3.94. The van der Waals surface area contributed by atoms with Crippen LogP contribution in [0.15, 0.2) is 18.5 Å². The molecule has 2 heterocycles. The minimum atomic E-state index is 0.514. The average Bonchev–Trinajstić information content (AvgIpc) is 3.04. The van der Waals surface area contributed by atoms with Crippen LogP contribution in [-0.4, -0.2) is 32.1 Å². The summed E-state index contributed by atoms with van der Waals surface area (Å²) in [6.07, 6.45) is 8.88. The highest BCUT2D eigenvalue weighted by Gasteiger charge is 2.41. The molecule has 1 aliphatic rings. The number of aromatic nitrogens is 3. The Kier molecular flexibility index (Phi) is 3.03. The lowest BCUT2D eigenvalue weighted by Crippen LogP contribution is -2.25. The van der Waals surface area contributed by atoms with Gasteiger partial charge in [0.15, 0.2) is 5.65 Å². The van der Waals surface area contributed by atoms with E-state index in [1.807, 2.05) is 35.5 Å². The van der Waals surface area contributed by atoms with Crippen LogP contribution in [0.5, 0.6) is 0 Å². The molecule has 4 nitrogen and oxygen atoms in total. The zero-order valence-corrected chi connectivity index (χ0v) is 11.6. The fourth-order valence-corrected chi connectivity index (χ4v) is 2.91. The summed E-state index contributed by atoms with van der Waals surface area (Å²) in [6, 6.07) is 1.99. The van der Waals surface area contributed by atoms with Gasteiger partial charge in [0.1, 0.15) is 0 Å². The van der Waals surface area contributed by atoms with Gasteiger partial charge in [-0.2, -0.15) is 16.9 Å². The Bertz CT molecular complexity index is 559. The van der Waals surface area contributed by atoms with Crippen molar-refractivity contribution in [1.82, 2.24) is 19.9 Å². The molecular weight excluding hydrogens is 244 g/mol. The molecule has 96 valence electrons. The molecule has 0 saturated heterocycles. The van der Waals surface area contributed by atoms with Gasteiger partial charge in [-0.05, 0) is 26.0 Å². The molecular formula is C13H18N4S. The first-order valence-corrected chi connectivity index (χ1v) is 7.50. The zero-order valence-electron chi connectivity index (χ0n) is 10.8. The number of fused-ring (bicyclic) bond motifs is 1. The van der Waals surface area contributed by atoms with E-state index in [-0.39, 0.29) is 0 Å². The third kappa shape index (κ3) is 2.37. The Morgan fingerprint density at radius 3 is 3.06 bits per heavy atom. The van der Waals surface area contributed by atoms with Gasteiger partial charge in [-0.3, -0.25) is 0 Å². The average molecular weight is 262 g/mol. The van der Waals surface area contributed by atoms with Crippen molar-refractivity contribution in [2.75, 3.05) is 12.8 Å². The first-order valence-electron chi connectivity index (χ1n) is 6.28. The SMILES string of the molecule is CSC1(CNCc2cnc3cc(C)nn3c2)CC1. The van der Waals surface area contributed by atoms with Crippen molar-refractivity contribution in [2.45, 2.75) is 31.1 Å². The Morgan fingerprint density at radius 2 is 2.33 bits per heavy atom. The van der Waals surface area contributed by atoms with Crippen molar-refractivity contribution in [2.24, 2.45) is 0 Å². The molecule has 0 unspecified atom stereocenters. The smallest absolute Gasteiger partial charge is 0.155 e. The van der Waals surface area contributed by atoms with Gasteiger partial charge in [0, 0.05) is 41.9 Å². The molecule has 1 aliphatic carbocycles. The number of hydrogen-bond donors (Lipinski definition) is 1. The van der Waals surface area contributed by atoms with Gasteiger partial charge in [-0.15, -0.1) is 0 Å². The Hall–Kier alpha value is -1.07. The number of nitrogens with zero attached hydrogens (tertiary/aromatic N) is 3. The van der Waals surface area contributed by atoms with Crippen LogP contribution in [0.4, 0.5) is 0 Å². The maximum absolute atomic E-state index is 4.41. The molecule has 5 heteroatoms. The molecule has 0 radical (unpaired) electrons. The summed E-state index contributed by atoms with van der Waals surface area (Å²) in [5, 5.41) is 7.91. The highest BCUT2D eigenvalue weighted by molar-refractivity contribution is 8.00. The third-order valence-electron chi connectivity index (χ3n) is 3.51. The Morgan fingerprint density at radius 1 is 1.50 bits per heavy atom. The van der Waals surface area contributed by atoms with E-state index in [0.29, 0.717) is 4.75 Å². The molecule has 0 bridgehead atoms. The number of nitrogens with one attached hydrogen (secondary N) is 1.